The highest BCUT2D eigenvalue weighted by Gasteiger charge is 2.24. The highest BCUT2D eigenvalue weighted by molar-refractivity contribution is 5.98. The smallest absolute Gasteiger partial charge is 0.257 e. The highest BCUT2D eigenvalue weighted by Crippen LogP contribution is 2.17. The van der Waals surface area contributed by atoms with Gasteiger partial charge in [0.1, 0.15) is 11.6 Å². The summed E-state index contributed by atoms with van der Waals surface area (Å²) in [6, 6.07) is 1.27. The summed E-state index contributed by atoms with van der Waals surface area (Å²) in [4.78, 5) is 20.7. The first-order chi connectivity index (χ1) is 10.2. The number of carbonyl (C=O) groups excluding carboxylic acids is 1. The van der Waals surface area contributed by atoms with Gasteiger partial charge in [0.2, 0.25) is 0 Å². The number of nitrogens with zero attached hydrogens (tertiary/aromatic N) is 3. The molecule has 1 aromatic rings. The van der Waals surface area contributed by atoms with Gasteiger partial charge in [-0.3, -0.25) is 9.69 Å². The molecular weight excluding hydrogens is 271 g/mol. The number of piperazine rings is 1. The van der Waals surface area contributed by atoms with Gasteiger partial charge in [0, 0.05) is 32.7 Å². The van der Waals surface area contributed by atoms with E-state index in [-0.39, 0.29) is 5.91 Å². The van der Waals surface area contributed by atoms with Crippen molar-refractivity contribution in [1.82, 2.24) is 14.8 Å². The number of anilines is 1. The van der Waals surface area contributed by atoms with Crippen molar-refractivity contribution in [1.29, 1.82) is 0 Å². The molecule has 116 valence electrons. The van der Waals surface area contributed by atoms with Gasteiger partial charge in [-0.15, -0.1) is 0 Å². The molecule has 2 rings (SSSR count). The maximum Gasteiger partial charge on any atom is 0.257 e. The molecule has 1 amide bonds. The molecule has 0 atom stereocenters. The van der Waals surface area contributed by atoms with Crippen molar-refractivity contribution in [2.45, 2.75) is 20.3 Å². The van der Waals surface area contributed by atoms with Crippen LogP contribution < -0.4 is 5.32 Å². The van der Waals surface area contributed by atoms with E-state index in [1.54, 1.807) is 4.90 Å². The van der Waals surface area contributed by atoms with Crippen LogP contribution in [0, 0.1) is 5.82 Å². The van der Waals surface area contributed by atoms with Crippen LogP contribution in [-0.4, -0.2) is 60.0 Å². The van der Waals surface area contributed by atoms with Gasteiger partial charge >= 0.3 is 0 Å². The molecule has 6 heteroatoms. The summed E-state index contributed by atoms with van der Waals surface area (Å²) >= 11 is 0. The van der Waals surface area contributed by atoms with Gasteiger partial charge in [-0.1, -0.05) is 6.92 Å². The maximum absolute atomic E-state index is 13.4. The Labute approximate surface area is 125 Å². The number of amides is 1. The van der Waals surface area contributed by atoms with Crippen LogP contribution in [0.4, 0.5) is 10.2 Å². The Morgan fingerprint density at radius 2 is 2.05 bits per heavy atom. The molecule has 0 spiro atoms. The van der Waals surface area contributed by atoms with Gasteiger partial charge in [0.25, 0.3) is 5.91 Å². The minimum Gasteiger partial charge on any atom is -0.370 e. The average Bonchev–Trinajstić information content (AvgIpc) is 2.50. The van der Waals surface area contributed by atoms with E-state index in [1.165, 1.54) is 6.07 Å². The number of halogens is 1. The van der Waals surface area contributed by atoms with Gasteiger partial charge < -0.3 is 10.2 Å². The van der Waals surface area contributed by atoms with Crippen LogP contribution in [0.1, 0.15) is 30.6 Å². The van der Waals surface area contributed by atoms with E-state index in [0.29, 0.717) is 31.0 Å². The standard InChI is InChI=1S/C15H23FN4O/c1-3-5-19-6-8-20(9-7-19)15(21)13-10-12(16)11-18-14(13)17-4-2/h10-11H,3-9H2,1-2H3,(H,17,18). The predicted molar refractivity (Wildman–Crippen MR) is 81.0 cm³/mol. The van der Waals surface area contributed by atoms with Crippen LogP contribution in [-0.2, 0) is 0 Å². The maximum atomic E-state index is 13.4. The number of rotatable bonds is 5. The van der Waals surface area contributed by atoms with Crippen LogP contribution in [0.25, 0.3) is 0 Å². The van der Waals surface area contributed by atoms with Crippen LogP contribution in [0.15, 0.2) is 12.3 Å². The van der Waals surface area contributed by atoms with Gasteiger partial charge in [-0.05, 0) is 26.0 Å². The van der Waals surface area contributed by atoms with E-state index in [4.69, 9.17) is 0 Å². The highest BCUT2D eigenvalue weighted by atomic mass is 19.1. The first kappa shape index (κ1) is 15.7. The van der Waals surface area contributed by atoms with Crippen molar-refractivity contribution in [2.24, 2.45) is 0 Å². The zero-order chi connectivity index (χ0) is 15.2. The largest absolute Gasteiger partial charge is 0.370 e. The fourth-order valence-corrected chi connectivity index (χ4v) is 2.57. The van der Waals surface area contributed by atoms with E-state index in [9.17, 15) is 9.18 Å². The summed E-state index contributed by atoms with van der Waals surface area (Å²) in [7, 11) is 0. The zero-order valence-corrected chi connectivity index (χ0v) is 12.7. The molecule has 1 aliphatic rings. The van der Waals surface area contributed by atoms with Crippen molar-refractivity contribution in [3.8, 4) is 0 Å². The van der Waals surface area contributed by atoms with E-state index >= 15 is 0 Å². The Balaban J connectivity index is 2.08. The van der Waals surface area contributed by atoms with Crippen molar-refractivity contribution >= 4 is 11.7 Å². The fraction of sp³-hybridized carbons (Fsp3) is 0.600. The molecule has 0 bridgehead atoms. The number of hydrogen-bond donors (Lipinski definition) is 1. The molecule has 0 unspecified atom stereocenters. The molecule has 21 heavy (non-hydrogen) atoms. The molecule has 0 saturated carbocycles. The minimum atomic E-state index is -0.482. The molecule has 1 aromatic heterocycles. The Kier molecular flexibility index (Phi) is 5.50. The van der Waals surface area contributed by atoms with Gasteiger partial charge in [0.05, 0.1) is 11.8 Å². The van der Waals surface area contributed by atoms with Gasteiger partial charge in [0.15, 0.2) is 0 Å². The van der Waals surface area contributed by atoms with Crippen LogP contribution in [0.3, 0.4) is 0 Å². The molecule has 1 fully saturated rings. The topological polar surface area (TPSA) is 48.5 Å². The zero-order valence-electron chi connectivity index (χ0n) is 12.7. The normalized spacial score (nSPS) is 16.0. The second-order valence-electron chi connectivity index (χ2n) is 5.21. The summed E-state index contributed by atoms with van der Waals surface area (Å²) in [6.07, 6.45) is 2.25. The molecular formula is C15H23FN4O. The molecule has 2 heterocycles. The van der Waals surface area contributed by atoms with Gasteiger partial charge in [-0.25, -0.2) is 9.37 Å². The number of pyridine rings is 1. The van der Waals surface area contributed by atoms with Crippen LogP contribution in [0.5, 0.6) is 0 Å². The third kappa shape index (κ3) is 3.91. The summed E-state index contributed by atoms with van der Waals surface area (Å²) in [5.41, 5.74) is 0.320. The van der Waals surface area contributed by atoms with E-state index in [1.807, 2.05) is 6.92 Å². The van der Waals surface area contributed by atoms with Crippen molar-refractivity contribution in [2.75, 3.05) is 44.6 Å². The number of nitrogens with one attached hydrogen (secondary N) is 1. The Bertz CT molecular complexity index is 487. The predicted octanol–water partition coefficient (Wildman–Crippen LogP) is 1.82. The third-order valence-corrected chi connectivity index (χ3v) is 3.63. The summed E-state index contributed by atoms with van der Waals surface area (Å²) < 4.78 is 13.4. The van der Waals surface area contributed by atoms with Crippen LogP contribution in [0.2, 0.25) is 0 Å². The Morgan fingerprint density at radius 1 is 1.33 bits per heavy atom. The SMILES string of the molecule is CCCN1CCN(C(=O)c2cc(F)cnc2NCC)CC1. The number of hydrogen-bond acceptors (Lipinski definition) is 4. The van der Waals surface area contributed by atoms with Crippen LogP contribution >= 0.6 is 0 Å². The molecule has 1 saturated heterocycles. The molecule has 5 nitrogen and oxygen atoms in total. The lowest BCUT2D eigenvalue weighted by atomic mass is 10.2. The number of carbonyl (C=O) groups is 1. The average molecular weight is 294 g/mol. The lowest BCUT2D eigenvalue weighted by Crippen LogP contribution is -2.48. The molecule has 0 aromatic carbocycles. The first-order valence-corrected chi connectivity index (χ1v) is 7.56. The summed E-state index contributed by atoms with van der Waals surface area (Å²) in [6.45, 7) is 8.89. The van der Waals surface area contributed by atoms with Crippen molar-refractivity contribution in [3.63, 3.8) is 0 Å². The lowest BCUT2D eigenvalue weighted by molar-refractivity contribution is 0.0637. The van der Waals surface area contributed by atoms with E-state index in [0.717, 1.165) is 32.3 Å². The van der Waals surface area contributed by atoms with Gasteiger partial charge in [-0.2, -0.15) is 0 Å². The Hall–Kier alpha value is -1.69. The van der Waals surface area contributed by atoms with Crippen molar-refractivity contribution in [3.05, 3.63) is 23.6 Å². The molecule has 0 radical (unpaired) electrons. The third-order valence-electron chi connectivity index (χ3n) is 3.63. The van der Waals surface area contributed by atoms with E-state index in [2.05, 4.69) is 22.1 Å². The monoisotopic (exact) mass is 294 g/mol. The second-order valence-corrected chi connectivity index (χ2v) is 5.21. The van der Waals surface area contributed by atoms with E-state index < -0.39 is 5.82 Å². The Morgan fingerprint density at radius 3 is 2.67 bits per heavy atom. The lowest BCUT2D eigenvalue weighted by Gasteiger charge is -2.34. The summed E-state index contributed by atoms with van der Waals surface area (Å²) in [5, 5.41) is 3.02. The molecule has 0 aliphatic carbocycles. The second kappa shape index (κ2) is 7.36. The fourth-order valence-electron chi connectivity index (χ4n) is 2.57. The van der Waals surface area contributed by atoms with Crippen molar-refractivity contribution < 1.29 is 9.18 Å². The quantitative estimate of drug-likeness (QED) is 0.900. The first-order valence-electron chi connectivity index (χ1n) is 7.56. The molecule has 1 N–H and O–H groups in total. The molecule has 1 aliphatic heterocycles. The minimum absolute atomic E-state index is 0.144. The number of aromatic nitrogens is 1. The summed E-state index contributed by atoms with van der Waals surface area (Å²) in [5.74, 6) is -0.168.